The van der Waals surface area contributed by atoms with Crippen molar-refractivity contribution in [1.82, 2.24) is 9.97 Å². The molecule has 0 spiro atoms. The molecular weight excluding hydrogens is 260 g/mol. The highest BCUT2D eigenvalue weighted by atomic mass is 15.1. The smallest absolute Gasteiger partial charge is 0.138 e. The maximum atomic E-state index is 4.62. The van der Waals surface area contributed by atoms with Crippen LogP contribution in [0.2, 0.25) is 0 Å². The molecule has 2 aromatic rings. The highest BCUT2D eigenvalue weighted by molar-refractivity contribution is 5.48. The molecule has 0 saturated heterocycles. The van der Waals surface area contributed by atoms with Crippen molar-refractivity contribution < 1.29 is 0 Å². The first-order valence-corrected chi connectivity index (χ1v) is 7.25. The molecule has 1 aromatic carbocycles. The fourth-order valence-corrected chi connectivity index (χ4v) is 1.90. The van der Waals surface area contributed by atoms with E-state index in [2.05, 4.69) is 72.6 Å². The SMILES string of the molecule is CNc1cc(NCc2ccc(C)cc2)nc(C(C)(C)C)n1. The van der Waals surface area contributed by atoms with Crippen LogP contribution in [0.5, 0.6) is 0 Å². The quantitative estimate of drug-likeness (QED) is 0.898. The Hall–Kier alpha value is -2.10. The van der Waals surface area contributed by atoms with Gasteiger partial charge in [-0.1, -0.05) is 50.6 Å². The van der Waals surface area contributed by atoms with Crippen LogP contribution in [0.15, 0.2) is 30.3 Å². The van der Waals surface area contributed by atoms with Crippen LogP contribution in [-0.2, 0) is 12.0 Å². The second kappa shape index (κ2) is 6.12. The van der Waals surface area contributed by atoms with Crippen LogP contribution in [-0.4, -0.2) is 17.0 Å². The normalized spacial score (nSPS) is 11.3. The van der Waals surface area contributed by atoms with Gasteiger partial charge in [-0.3, -0.25) is 0 Å². The fraction of sp³-hybridized carbons (Fsp3) is 0.412. The Bertz CT molecular complexity index is 597. The van der Waals surface area contributed by atoms with Crippen LogP contribution < -0.4 is 10.6 Å². The molecule has 0 fully saturated rings. The minimum absolute atomic E-state index is 0.0762. The van der Waals surface area contributed by atoms with Gasteiger partial charge >= 0.3 is 0 Å². The largest absolute Gasteiger partial charge is 0.373 e. The number of rotatable bonds is 4. The van der Waals surface area contributed by atoms with E-state index in [1.54, 1.807) is 0 Å². The maximum Gasteiger partial charge on any atom is 0.138 e. The van der Waals surface area contributed by atoms with E-state index in [-0.39, 0.29) is 5.41 Å². The first-order valence-electron chi connectivity index (χ1n) is 7.25. The Morgan fingerprint density at radius 3 is 2.19 bits per heavy atom. The zero-order valence-corrected chi connectivity index (χ0v) is 13.5. The molecule has 0 radical (unpaired) electrons. The second-order valence-corrected chi connectivity index (χ2v) is 6.30. The van der Waals surface area contributed by atoms with Gasteiger partial charge < -0.3 is 10.6 Å². The van der Waals surface area contributed by atoms with Gasteiger partial charge in [0.25, 0.3) is 0 Å². The Labute approximate surface area is 127 Å². The van der Waals surface area contributed by atoms with E-state index in [0.717, 1.165) is 24.0 Å². The number of anilines is 2. The van der Waals surface area contributed by atoms with E-state index in [1.807, 2.05) is 13.1 Å². The van der Waals surface area contributed by atoms with Gasteiger partial charge in [0.2, 0.25) is 0 Å². The molecule has 0 aliphatic rings. The molecule has 112 valence electrons. The molecule has 1 heterocycles. The maximum absolute atomic E-state index is 4.62. The third-order valence-corrected chi connectivity index (χ3v) is 3.25. The number of benzene rings is 1. The van der Waals surface area contributed by atoms with Gasteiger partial charge in [0.1, 0.15) is 17.5 Å². The van der Waals surface area contributed by atoms with E-state index in [9.17, 15) is 0 Å². The van der Waals surface area contributed by atoms with Crippen molar-refractivity contribution in [3.05, 3.63) is 47.3 Å². The van der Waals surface area contributed by atoms with Gasteiger partial charge in [-0.2, -0.15) is 0 Å². The van der Waals surface area contributed by atoms with Crippen LogP contribution >= 0.6 is 0 Å². The third kappa shape index (κ3) is 4.18. The zero-order valence-electron chi connectivity index (χ0n) is 13.5. The summed E-state index contributed by atoms with van der Waals surface area (Å²) in [5, 5.41) is 6.47. The molecule has 0 aliphatic heterocycles. The molecular formula is C17H24N4. The molecule has 0 saturated carbocycles. The number of aryl methyl sites for hydroxylation is 1. The summed E-state index contributed by atoms with van der Waals surface area (Å²) in [5.41, 5.74) is 2.43. The van der Waals surface area contributed by atoms with Crippen molar-refractivity contribution in [3.63, 3.8) is 0 Å². The highest BCUT2D eigenvalue weighted by Crippen LogP contribution is 2.22. The molecule has 0 amide bonds. The summed E-state index contributed by atoms with van der Waals surface area (Å²) in [5.74, 6) is 2.52. The van der Waals surface area contributed by atoms with E-state index in [1.165, 1.54) is 11.1 Å². The lowest BCUT2D eigenvalue weighted by Gasteiger charge is -2.19. The number of hydrogen-bond acceptors (Lipinski definition) is 4. The van der Waals surface area contributed by atoms with Crippen molar-refractivity contribution in [3.8, 4) is 0 Å². The molecule has 4 heteroatoms. The Morgan fingerprint density at radius 2 is 1.62 bits per heavy atom. The third-order valence-electron chi connectivity index (χ3n) is 3.25. The van der Waals surface area contributed by atoms with Crippen LogP contribution in [0.25, 0.3) is 0 Å². The predicted octanol–water partition coefficient (Wildman–Crippen LogP) is 3.74. The lowest BCUT2D eigenvalue weighted by molar-refractivity contribution is 0.546. The minimum atomic E-state index is -0.0762. The second-order valence-electron chi connectivity index (χ2n) is 6.30. The average Bonchev–Trinajstić information content (AvgIpc) is 2.45. The van der Waals surface area contributed by atoms with E-state index >= 15 is 0 Å². The van der Waals surface area contributed by atoms with Gasteiger partial charge in [-0.15, -0.1) is 0 Å². The minimum Gasteiger partial charge on any atom is -0.373 e. The zero-order chi connectivity index (χ0) is 15.5. The van der Waals surface area contributed by atoms with Crippen LogP contribution in [0.4, 0.5) is 11.6 Å². The lowest BCUT2D eigenvalue weighted by atomic mass is 9.96. The Balaban J connectivity index is 2.17. The van der Waals surface area contributed by atoms with Crippen molar-refractivity contribution in [2.45, 2.75) is 39.7 Å². The van der Waals surface area contributed by atoms with Gasteiger partial charge in [-0.25, -0.2) is 9.97 Å². The van der Waals surface area contributed by atoms with Crippen LogP contribution in [0.1, 0.15) is 37.7 Å². The summed E-state index contributed by atoms with van der Waals surface area (Å²) in [4.78, 5) is 9.15. The monoisotopic (exact) mass is 284 g/mol. The van der Waals surface area contributed by atoms with Crippen molar-refractivity contribution in [2.75, 3.05) is 17.7 Å². The number of nitrogens with one attached hydrogen (secondary N) is 2. The van der Waals surface area contributed by atoms with E-state index in [0.29, 0.717) is 0 Å². The number of aromatic nitrogens is 2. The summed E-state index contributed by atoms with van der Waals surface area (Å²) in [7, 11) is 1.87. The predicted molar refractivity (Wildman–Crippen MR) is 88.8 cm³/mol. The lowest BCUT2D eigenvalue weighted by Crippen LogP contribution is -2.18. The molecule has 2 N–H and O–H groups in total. The van der Waals surface area contributed by atoms with Gasteiger partial charge in [-0.05, 0) is 12.5 Å². The van der Waals surface area contributed by atoms with Crippen LogP contribution in [0.3, 0.4) is 0 Å². The van der Waals surface area contributed by atoms with Gasteiger partial charge in [0.05, 0.1) is 0 Å². The summed E-state index contributed by atoms with van der Waals surface area (Å²) in [6.45, 7) is 9.20. The van der Waals surface area contributed by atoms with Crippen molar-refractivity contribution >= 4 is 11.6 Å². The molecule has 0 bridgehead atoms. The molecule has 1 aromatic heterocycles. The topological polar surface area (TPSA) is 49.8 Å². The number of hydrogen-bond donors (Lipinski definition) is 2. The number of nitrogens with zero attached hydrogens (tertiary/aromatic N) is 2. The van der Waals surface area contributed by atoms with Gasteiger partial charge in [0, 0.05) is 25.1 Å². The summed E-state index contributed by atoms with van der Waals surface area (Å²) in [6, 6.07) is 10.4. The molecule has 0 atom stereocenters. The van der Waals surface area contributed by atoms with Gasteiger partial charge in [0.15, 0.2) is 0 Å². The summed E-state index contributed by atoms with van der Waals surface area (Å²) in [6.07, 6.45) is 0. The Kier molecular flexibility index (Phi) is 4.46. The first-order chi connectivity index (χ1) is 9.88. The first kappa shape index (κ1) is 15.3. The molecule has 0 unspecified atom stereocenters. The standard InChI is InChI=1S/C17H24N4/c1-12-6-8-13(9-7-12)11-19-15-10-14(18-5)20-16(21-15)17(2,3)4/h6-10H,11H2,1-5H3,(H2,18,19,20,21). The molecule has 21 heavy (non-hydrogen) atoms. The summed E-state index contributed by atoms with van der Waals surface area (Å²) < 4.78 is 0. The summed E-state index contributed by atoms with van der Waals surface area (Å²) >= 11 is 0. The average molecular weight is 284 g/mol. The van der Waals surface area contributed by atoms with E-state index < -0.39 is 0 Å². The molecule has 4 nitrogen and oxygen atoms in total. The van der Waals surface area contributed by atoms with E-state index in [4.69, 9.17) is 0 Å². The molecule has 2 rings (SSSR count). The van der Waals surface area contributed by atoms with Crippen molar-refractivity contribution in [2.24, 2.45) is 0 Å². The van der Waals surface area contributed by atoms with Crippen LogP contribution in [0, 0.1) is 6.92 Å². The van der Waals surface area contributed by atoms with Crippen molar-refractivity contribution in [1.29, 1.82) is 0 Å². The fourth-order valence-electron chi connectivity index (χ4n) is 1.90. The highest BCUT2D eigenvalue weighted by Gasteiger charge is 2.18. The molecule has 0 aliphatic carbocycles. The Morgan fingerprint density at radius 1 is 1.00 bits per heavy atom.